The normalized spacial score (nSPS) is 14.1. The summed E-state index contributed by atoms with van der Waals surface area (Å²) in [5.74, 6) is -0.440. The second-order valence-corrected chi connectivity index (χ2v) is 5.14. The first-order valence-electron chi connectivity index (χ1n) is 6.75. The molecule has 1 unspecified atom stereocenters. The number of hydrogen-bond donors (Lipinski definition) is 1. The Kier molecular flexibility index (Phi) is 4.50. The van der Waals surface area contributed by atoms with Crippen LogP contribution in [0.1, 0.15) is 42.6 Å². The monoisotopic (exact) mass is 275 g/mol. The van der Waals surface area contributed by atoms with Gasteiger partial charge in [-0.25, -0.2) is 8.78 Å². The SMILES string of the molecule is Cc1ccc(C(C)N[C@H](C)c2ccccc2F)cc1F. The molecule has 2 rings (SSSR count). The molecule has 106 valence electrons. The van der Waals surface area contributed by atoms with Crippen LogP contribution in [0.4, 0.5) is 8.78 Å². The van der Waals surface area contributed by atoms with E-state index >= 15 is 0 Å². The van der Waals surface area contributed by atoms with Crippen molar-refractivity contribution in [1.29, 1.82) is 0 Å². The smallest absolute Gasteiger partial charge is 0.127 e. The van der Waals surface area contributed by atoms with E-state index in [-0.39, 0.29) is 23.7 Å². The van der Waals surface area contributed by atoms with Gasteiger partial charge in [0.25, 0.3) is 0 Å². The molecule has 0 fully saturated rings. The van der Waals surface area contributed by atoms with Gasteiger partial charge in [-0.05, 0) is 44.0 Å². The van der Waals surface area contributed by atoms with Crippen LogP contribution in [0.2, 0.25) is 0 Å². The van der Waals surface area contributed by atoms with Crippen LogP contribution in [0.5, 0.6) is 0 Å². The van der Waals surface area contributed by atoms with Crippen molar-refractivity contribution in [2.45, 2.75) is 32.9 Å². The van der Waals surface area contributed by atoms with Crippen LogP contribution in [-0.4, -0.2) is 0 Å². The molecule has 2 aromatic carbocycles. The van der Waals surface area contributed by atoms with Crippen molar-refractivity contribution in [3.05, 3.63) is 70.8 Å². The Morgan fingerprint density at radius 1 is 0.900 bits per heavy atom. The molecule has 0 radical (unpaired) electrons. The van der Waals surface area contributed by atoms with Gasteiger partial charge in [0.15, 0.2) is 0 Å². The Balaban J connectivity index is 2.13. The molecule has 0 aromatic heterocycles. The number of hydrogen-bond acceptors (Lipinski definition) is 1. The highest BCUT2D eigenvalue weighted by Crippen LogP contribution is 2.22. The van der Waals surface area contributed by atoms with Gasteiger partial charge < -0.3 is 5.32 Å². The molecule has 0 saturated carbocycles. The van der Waals surface area contributed by atoms with Crippen molar-refractivity contribution in [3.63, 3.8) is 0 Å². The summed E-state index contributed by atoms with van der Waals surface area (Å²) in [5, 5.41) is 3.29. The van der Waals surface area contributed by atoms with Gasteiger partial charge in [-0.1, -0.05) is 30.3 Å². The maximum atomic E-state index is 13.7. The van der Waals surface area contributed by atoms with Gasteiger partial charge in [-0.15, -0.1) is 0 Å². The Morgan fingerprint density at radius 3 is 2.25 bits per heavy atom. The minimum atomic E-state index is -0.227. The van der Waals surface area contributed by atoms with E-state index < -0.39 is 0 Å². The fraction of sp³-hybridized carbons (Fsp3) is 0.294. The van der Waals surface area contributed by atoms with E-state index in [1.165, 1.54) is 12.1 Å². The molecule has 2 aromatic rings. The average Bonchev–Trinajstić information content (AvgIpc) is 2.42. The van der Waals surface area contributed by atoms with Crippen LogP contribution in [-0.2, 0) is 0 Å². The molecule has 3 heteroatoms. The maximum Gasteiger partial charge on any atom is 0.127 e. The molecular weight excluding hydrogens is 256 g/mol. The Hall–Kier alpha value is -1.74. The van der Waals surface area contributed by atoms with Gasteiger partial charge in [0.2, 0.25) is 0 Å². The van der Waals surface area contributed by atoms with Gasteiger partial charge in [-0.3, -0.25) is 0 Å². The first-order valence-corrected chi connectivity index (χ1v) is 6.75. The van der Waals surface area contributed by atoms with Gasteiger partial charge >= 0.3 is 0 Å². The Labute approximate surface area is 118 Å². The Morgan fingerprint density at radius 2 is 1.60 bits per heavy atom. The fourth-order valence-corrected chi connectivity index (χ4v) is 2.27. The molecule has 0 heterocycles. The highest BCUT2D eigenvalue weighted by atomic mass is 19.1. The van der Waals surface area contributed by atoms with E-state index in [4.69, 9.17) is 0 Å². The van der Waals surface area contributed by atoms with Crippen molar-refractivity contribution in [2.24, 2.45) is 0 Å². The molecule has 20 heavy (non-hydrogen) atoms. The fourth-order valence-electron chi connectivity index (χ4n) is 2.27. The molecule has 0 aliphatic carbocycles. The zero-order valence-electron chi connectivity index (χ0n) is 12.0. The van der Waals surface area contributed by atoms with E-state index in [1.54, 1.807) is 25.1 Å². The summed E-state index contributed by atoms with van der Waals surface area (Å²) in [6.07, 6.45) is 0. The third kappa shape index (κ3) is 3.23. The lowest BCUT2D eigenvalue weighted by Gasteiger charge is -2.21. The third-order valence-electron chi connectivity index (χ3n) is 3.57. The number of rotatable bonds is 4. The predicted molar refractivity (Wildman–Crippen MR) is 77.5 cm³/mol. The molecule has 0 aliphatic rings. The molecule has 0 saturated heterocycles. The van der Waals surface area contributed by atoms with Crippen LogP contribution < -0.4 is 5.32 Å². The highest BCUT2D eigenvalue weighted by molar-refractivity contribution is 5.26. The summed E-state index contributed by atoms with van der Waals surface area (Å²) < 4.78 is 27.3. The second-order valence-electron chi connectivity index (χ2n) is 5.14. The quantitative estimate of drug-likeness (QED) is 0.854. The third-order valence-corrected chi connectivity index (χ3v) is 3.57. The summed E-state index contributed by atoms with van der Waals surface area (Å²) in [7, 11) is 0. The predicted octanol–water partition coefficient (Wildman–Crippen LogP) is 4.69. The van der Waals surface area contributed by atoms with Gasteiger partial charge in [0.05, 0.1) is 0 Å². The summed E-state index contributed by atoms with van der Waals surface area (Å²) in [5.41, 5.74) is 2.10. The van der Waals surface area contributed by atoms with Crippen LogP contribution in [0.3, 0.4) is 0 Å². The molecule has 0 bridgehead atoms. The molecule has 0 amide bonds. The van der Waals surface area contributed by atoms with Crippen LogP contribution in [0, 0.1) is 18.6 Å². The molecule has 1 N–H and O–H groups in total. The lowest BCUT2D eigenvalue weighted by atomic mass is 10.0. The summed E-state index contributed by atoms with van der Waals surface area (Å²) >= 11 is 0. The number of halogens is 2. The van der Waals surface area contributed by atoms with Gasteiger partial charge in [0, 0.05) is 17.6 Å². The number of benzene rings is 2. The van der Waals surface area contributed by atoms with Crippen LogP contribution in [0.25, 0.3) is 0 Å². The minimum Gasteiger partial charge on any atom is -0.304 e. The molecular formula is C17H19F2N. The van der Waals surface area contributed by atoms with Crippen LogP contribution >= 0.6 is 0 Å². The average molecular weight is 275 g/mol. The lowest BCUT2D eigenvalue weighted by Crippen LogP contribution is -2.23. The zero-order chi connectivity index (χ0) is 14.7. The highest BCUT2D eigenvalue weighted by Gasteiger charge is 2.14. The summed E-state index contributed by atoms with van der Waals surface area (Å²) in [6.45, 7) is 5.58. The summed E-state index contributed by atoms with van der Waals surface area (Å²) in [6, 6.07) is 11.7. The van der Waals surface area contributed by atoms with Crippen molar-refractivity contribution in [2.75, 3.05) is 0 Å². The van der Waals surface area contributed by atoms with Crippen LogP contribution in [0.15, 0.2) is 42.5 Å². The van der Waals surface area contributed by atoms with Gasteiger partial charge in [0.1, 0.15) is 11.6 Å². The Bertz CT molecular complexity index is 595. The van der Waals surface area contributed by atoms with E-state index in [2.05, 4.69) is 5.32 Å². The van der Waals surface area contributed by atoms with Crippen molar-refractivity contribution in [3.8, 4) is 0 Å². The van der Waals surface area contributed by atoms with Gasteiger partial charge in [-0.2, -0.15) is 0 Å². The van der Waals surface area contributed by atoms with Crippen molar-refractivity contribution in [1.82, 2.24) is 5.32 Å². The van der Waals surface area contributed by atoms with Crippen molar-refractivity contribution >= 4 is 0 Å². The number of nitrogens with one attached hydrogen (secondary N) is 1. The first-order chi connectivity index (χ1) is 9.49. The number of aryl methyl sites for hydroxylation is 1. The lowest BCUT2D eigenvalue weighted by molar-refractivity contribution is 0.472. The largest absolute Gasteiger partial charge is 0.304 e. The standard InChI is InChI=1S/C17H19F2N/c1-11-8-9-14(10-17(11)19)12(2)20-13(3)15-6-4-5-7-16(15)18/h4-10,12-13,20H,1-3H3/t12?,13-/m1/s1. The van der Waals surface area contributed by atoms with E-state index in [0.29, 0.717) is 11.1 Å². The second kappa shape index (κ2) is 6.14. The molecule has 1 nitrogen and oxygen atoms in total. The topological polar surface area (TPSA) is 12.0 Å². The molecule has 0 aliphatic heterocycles. The first kappa shape index (κ1) is 14.7. The molecule has 0 spiro atoms. The van der Waals surface area contributed by atoms with E-state index in [0.717, 1.165) is 5.56 Å². The zero-order valence-corrected chi connectivity index (χ0v) is 12.0. The minimum absolute atomic E-state index is 0.0558. The van der Waals surface area contributed by atoms with E-state index in [9.17, 15) is 8.78 Å². The van der Waals surface area contributed by atoms with E-state index in [1.807, 2.05) is 26.0 Å². The summed E-state index contributed by atoms with van der Waals surface area (Å²) in [4.78, 5) is 0. The van der Waals surface area contributed by atoms with Crippen molar-refractivity contribution < 1.29 is 8.78 Å². The molecule has 2 atom stereocenters. The maximum absolute atomic E-state index is 13.7.